The molecule has 0 spiro atoms. The van der Waals surface area contributed by atoms with Crippen molar-refractivity contribution in [1.29, 1.82) is 0 Å². The van der Waals surface area contributed by atoms with Crippen molar-refractivity contribution in [3.05, 3.63) is 32.6 Å². The molecule has 0 aliphatic carbocycles. The summed E-state index contributed by atoms with van der Waals surface area (Å²) in [5, 5.41) is 0. The van der Waals surface area contributed by atoms with Crippen LogP contribution in [0.4, 0.5) is 0 Å². The molecule has 0 radical (unpaired) electrons. The summed E-state index contributed by atoms with van der Waals surface area (Å²) in [6.45, 7) is 4.98. The number of hydrogen-bond acceptors (Lipinski definition) is 5. The van der Waals surface area contributed by atoms with Gasteiger partial charge in [-0.25, -0.2) is 4.79 Å². The average molecular weight is 323 g/mol. The van der Waals surface area contributed by atoms with Crippen molar-refractivity contribution in [3.63, 3.8) is 0 Å². The van der Waals surface area contributed by atoms with E-state index >= 15 is 0 Å². The van der Waals surface area contributed by atoms with Crippen LogP contribution >= 0.6 is 0 Å². The lowest BCUT2D eigenvalue weighted by Crippen LogP contribution is -2.48. The van der Waals surface area contributed by atoms with Gasteiger partial charge in [0.2, 0.25) is 5.91 Å². The smallest absolute Gasteiger partial charge is 0.326 e. The van der Waals surface area contributed by atoms with E-state index in [0.717, 1.165) is 6.07 Å². The predicted molar refractivity (Wildman–Crippen MR) is 83.0 cm³/mol. The van der Waals surface area contributed by atoms with Crippen molar-refractivity contribution < 1.29 is 9.59 Å². The molecule has 4 N–H and O–H groups in total. The number of nitrogens with zero attached hydrogens (tertiary/aromatic N) is 2. The Morgan fingerprint density at radius 2 is 1.96 bits per heavy atom. The third-order valence-electron chi connectivity index (χ3n) is 3.95. The fraction of sp³-hybridized carbons (Fsp3) is 0.571. The minimum atomic E-state index is -0.768. The summed E-state index contributed by atoms with van der Waals surface area (Å²) in [6, 6.07) is 0.00404. The van der Waals surface area contributed by atoms with Crippen molar-refractivity contribution in [2.45, 2.75) is 32.4 Å². The zero-order valence-corrected chi connectivity index (χ0v) is 13.2. The monoisotopic (exact) mass is 323 g/mol. The minimum Gasteiger partial charge on any atom is -0.341 e. The highest BCUT2D eigenvalue weighted by molar-refractivity contribution is 5.96. The van der Waals surface area contributed by atoms with Gasteiger partial charge in [-0.15, -0.1) is 0 Å². The fourth-order valence-electron chi connectivity index (χ4n) is 2.81. The molecular formula is C14H21N5O4. The number of H-pyrrole nitrogens is 2. The summed E-state index contributed by atoms with van der Waals surface area (Å²) >= 11 is 0. The van der Waals surface area contributed by atoms with E-state index < -0.39 is 23.2 Å². The van der Waals surface area contributed by atoms with Crippen LogP contribution in [-0.4, -0.2) is 63.3 Å². The van der Waals surface area contributed by atoms with Gasteiger partial charge in [0.15, 0.2) is 0 Å². The zero-order chi connectivity index (χ0) is 17.1. The predicted octanol–water partition coefficient (Wildman–Crippen LogP) is -1.53. The van der Waals surface area contributed by atoms with E-state index in [9.17, 15) is 19.2 Å². The molecule has 1 saturated heterocycles. The Morgan fingerprint density at radius 1 is 1.30 bits per heavy atom. The van der Waals surface area contributed by atoms with Gasteiger partial charge in [0, 0.05) is 31.7 Å². The lowest BCUT2D eigenvalue weighted by Gasteiger charge is -2.28. The molecule has 1 aromatic heterocycles. The molecule has 0 unspecified atom stereocenters. The molecule has 0 saturated carbocycles. The van der Waals surface area contributed by atoms with Crippen molar-refractivity contribution >= 4 is 11.8 Å². The number of nitrogens with one attached hydrogen (secondary N) is 2. The maximum absolute atomic E-state index is 12.6. The molecule has 0 aromatic carbocycles. The van der Waals surface area contributed by atoms with Gasteiger partial charge in [-0.05, 0) is 20.3 Å². The first-order valence-corrected chi connectivity index (χ1v) is 7.56. The van der Waals surface area contributed by atoms with Gasteiger partial charge < -0.3 is 20.5 Å². The molecule has 23 heavy (non-hydrogen) atoms. The number of carbonyl (C=O) groups is 2. The van der Waals surface area contributed by atoms with Crippen LogP contribution in [0, 0.1) is 0 Å². The normalized spacial score (nSPS) is 20.6. The van der Waals surface area contributed by atoms with Gasteiger partial charge in [0.25, 0.3) is 11.5 Å². The highest BCUT2D eigenvalue weighted by Gasteiger charge is 2.40. The van der Waals surface area contributed by atoms with Crippen LogP contribution in [0.25, 0.3) is 0 Å². The molecule has 9 heteroatoms. The van der Waals surface area contributed by atoms with Crippen LogP contribution in [0.1, 0.15) is 30.8 Å². The molecule has 1 fully saturated rings. The van der Waals surface area contributed by atoms with Crippen molar-refractivity contribution in [2.75, 3.05) is 19.6 Å². The highest BCUT2D eigenvalue weighted by atomic mass is 16.2. The Kier molecular flexibility index (Phi) is 4.99. The molecule has 1 aliphatic heterocycles. The Hall–Kier alpha value is -2.42. The Bertz CT molecular complexity index is 677. The van der Waals surface area contributed by atoms with E-state index in [4.69, 9.17) is 5.73 Å². The largest absolute Gasteiger partial charge is 0.341 e. The number of likely N-dealkylation sites (N-methyl/N-ethyl adjacent to an activating group) is 1. The molecule has 2 amide bonds. The summed E-state index contributed by atoms with van der Waals surface area (Å²) in [5.74, 6) is -0.754. The molecular weight excluding hydrogens is 302 g/mol. The van der Waals surface area contributed by atoms with Crippen LogP contribution < -0.4 is 17.0 Å². The molecule has 126 valence electrons. The van der Waals surface area contributed by atoms with Gasteiger partial charge in [-0.3, -0.25) is 19.4 Å². The number of hydrogen-bond donors (Lipinski definition) is 3. The number of amides is 2. The lowest BCUT2D eigenvalue weighted by molar-refractivity contribution is -0.134. The number of rotatable bonds is 4. The molecule has 0 bridgehead atoms. The standard InChI is InChI=1S/C14H21N5O4/c1-3-18(4-2)13(22)10-5-8(15)7-19(10)12(21)9-6-11(20)17-14(23)16-9/h6,8,10H,3-5,7,15H2,1-2H3,(H2,16,17,20,23)/t8-,10+/m1/s1. The zero-order valence-electron chi connectivity index (χ0n) is 13.2. The number of likely N-dealkylation sites (tertiary alicyclic amines) is 1. The molecule has 1 aromatic rings. The Balaban J connectivity index is 2.31. The van der Waals surface area contributed by atoms with Crippen LogP contribution in [0.2, 0.25) is 0 Å². The number of aromatic nitrogens is 2. The lowest BCUT2D eigenvalue weighted by atomic mass is 10.1. The molecule has 2 atom stereocenters. The minimum absolute atomic E-state index is 0.148. The van der Waals surface area contributed by atoms with Gasteiger partial charge in [0.1, 0.15) is 11.7 Å². The van der Waals surface area contributed by atoms with Gasteiger partial charge >= 0.3 is 5.69 Å². The van der Waals surface area contributed by atoms with Gasteiger partial charge in [0.05, 0.1) is 0 Å². The van der Waals surface area contributed by atoms with E-state index in [0.29, 0.717) is 19.5 Å². The average Bonchev–Trinajstić information content (AvgIpc) is 2.88. The first-order valence-electron chi connectivity index (χ1n) is 7.56. The molecule has 1 aliphatic rings. The Labute approximate surface area is 132 Å². The number of carbonyl (C=O) groups excluding carboxylic acids is 2. The van der Waals surface area contributed by atoms with Crippen molar-refractivity contribution in [3.8, 4) is 0 Å². The maximum atomic E-state index is 12.6. The second kappa shape index (κ2) is 6.78. The van der Waals surface area contributed by atoms with E-state index in [-0.39, 0.29) is 24.2 Å². The quantitative estimate of drug-likeness (QED) is 0.618. The summed E-state index contributed by atoms with van der Waals surface area (Å²) < 4.78 is 0. The fourth-order valence-corrected chi connectivity index (χ4v) is 2.81. The second-order valence-corrected chi connectivity index (χ2v) is 5.48. The highest BCUT2D eigenvalue weighted by Crippen LogP contribution is 2.20. The molecule has 9 nitrogen and oxygen atoms in total. The second-order valence-electron chi connectivity index (χ2n) is 5.48. The van der Waals surface area contributed by atoms with Crippen LogP contribution in [0.15, 0.2) is 15.7 Å². The summed E-state index contributed by atoms with van der Waals surface area (Å²) in [4.78, 5) is 55.1. The Morgan fingerprint density at radius 3 is 2.52 bits per heavy atom. The SMILES string of the molecule is CCN(CC)C(=O)[C@@H]1C[C@@H](N)CN1C(=O)c1cc(=O)[nH]c(=O)[nH]1. The topological polar surface area (TPSA) is 132 Å². The number of aromatic amines is 2. The summed E-state index contributed by atoms with van der Waals surface area (Å²) in [6.07, 6.45) is 0.356. The van der Waals surface area contributed by atoms with E-state index in [1.54, 1.807) is 4.90 Å². The summed E-state index contributed by atoms with van der Waals surface area (Å²) in [7, 11) is 0. The van der Waals surface area contributed by atoms with Crippen LogP contribution in [0.3, 0.4) is 0 Å². The van der Waals surface area contributed by atoms with E-state index in [2.05, 4.69) is 4.98 Å². The first kappa shape index (κ1) is 16.9. The van der Waals surface area contributed by atoms with Crippen molar-refractivity contribution in [1.82, 2.24) is 19.8 Å². The first-order chi connectivity index (χ1) is 10.9. The van der Waals surface area contributed by atoms with Gasteiger partial charge in [-0.2, -0.15) is 0 Å². The van der Waals surface area contributed by atoms with Gasteiger partial charge in [-0.1, -0.05) is 0 Å². The van der Waals surface area contributed by atoms with Crippen LogP contribution in [0.5, 0.6) is 0 Å². The van der Waals surface area contributed by atoms with E-state index in [1.807, 2.05) is 18.8 Å². The third kappa shape index (κ3) is 3.50. The van der Waals surface area contributed by atoms with Crippen molar-refractivity contribution in [2.24, 2.45) is 5.73 Å². The molecule has 2 rings (SSSR count). The third-order valence-corrected chi connectivity index (χ3v) is 3.95. The molecule has 2 heterocycles. The maximum Gasteiger partial charge on any atom is 0.326 e. The van der Waals surface area contributed by atoms with E-state index in [1.165, 1.54) is 4.90 Å². The number of nitrogens with two attached hydrogens (primary N) is 1. The van der Waals surface area contributed by atoms with Crippen LogP contribution in [-0.2, 0) is 4.79 Å². The summed E-state index contributed by atoms with van der Waals surface area (Å²) in [5.41, 5.74) is 4.32.